The number of hydrogen-bond donors (Lipinski definition) is 1. The quantitative estimate of drug-likeness (QED) is 0.821. The average molecular weight is 348 g/mol. The molecule has 1 aliphatic rings. The third-order valence-corrected chi connectivity index (χ3v) is 4.18. The molecule has 1 heterocycles. The van der Waals surface area contributed by atoms with Crippen molar-refractivity contribution >= 4 is 18.0 Å². The van der Waals surface area contributed by atoms with Crippen LogP contribution in [0.3, 0.4) is 0 Å². The van der Waals surface area contributed by atoms with E-state index >= 15 is 0 Å². The van der Waals surface area contributed by atoms with Gasteiger partial charge in [0.1, 0.15) is 18.7 Å². The number of carbonyl (C=O) groups excluding carboxylic acids is 3. The standard InChI is InChI=1S/C18H24N2O5/c1-13(19-18(23)25-12-14-8-4-3-5-9-14)16(21)20-11-7-6-10-15(20)17(22)24-2/h3-5,8-9,13,15H,6-7,10-12H2,1-2H3,(H,19,23)/t13-,15+/m0/s1. The molecule has 2 rings (SSSR count). The highest BCUT2D eigenvalue weighted by molar-refractivity contribution is 5.89. The summed E-state index contributed by atoms with van der Waals surface area (Å²) in [6.45, 7) is 2.18. The molecule has 1 aromatic carbocycles. The summed E-state index contributed by atoms with van der Waals surface area (Å²) in [6, 6.07) is 7.90. The van der Waals surface area contributed by atoms with Gasteiger partial charge in [-0.3, -0.25) is 4.79 Å². The highest BCUT2D eigenvalue weighted by Gasteiger charge is 2.35. The maximum absolute atomic E-state index is 12.6. The lowest BCUT2D eigenvalue weighted by Crippen LogP contribution is -2.54. The largest absolute Gasteiger partial charge is 0.467 e. The number of piperidine rings is 1. The van der Waals surface area contributed by atoms with E-state index in [1.165, 1.54) is 12.0 Å². The predicted molar refractivity (Wildman–Crippen MR) is 90.6 cm³/mol. The van der Waals surface area contributed by atoms with Crippen molar-refractivity contribution in [3.05, 3.63) is 35.9 Å². The van der Waals surface area contributed by atoms with E-state index in [1.807, 2.05) is 30.3 Å². The van der Waals surface area contributed by atoms with Crippen LogP contribution in [0.5, 0.6) is 0 Å². The molecule has 7 nitrogen and oxygen atoms in total. The van der Waals surface area contributed by atoms with Gasteiger partial charge < -0.3 is 19.7 Å². The number of methoxy groups -OCH3 is 1. The van der Waals surface area contributed by atoms with E-state index < -0.39 is 24.1 Å². The second kappa shape index (κ2) is 9.05. The summed E-state index contributed by atoms with van der Waals surface area (Å²) in [5.41, 5.74) is 0.860. The van der Waals surface area contributed by atoms with Gasteiger partial charge in [0.2, 0.25) is 5.91 Å². The minimum Gasteiger partial charge on any atom is -0.467 e. The van der Waals surface area contributed by atoms with Crippen molar-refractivity contribution in [1.82, 2.24) is 10.2 Å². The van der Waals surface area contributed by atoms with E-state index in [1.54, 1.807) is 6.92 Å². The maximum Gasteiger partial charge on any atom is 0.408 e. The fourth-order valence-corrected chi connectivity index (χ4v) is 2.83. The van der Waals surface area contributed by atoms with Gasteiger partial charge in [-0.1, -0.05) is 30.3 Å². The molecule has 1 N–H and O–H groups in total. The number of ether oxygens (including phenoxy) is 2. The number of amides is 2. The topological polar surface area (TPSA) is 84.9 Å². The van der Waals surface area contributed by atoms with Gasteiger partial charge in [-0.15, -0.1) is 0 Å². The summed E-state index contributed by atoms with van der Waals surface area (Å²) in [7, 11) is 1.31. The Kier molecular flexibility index (Phi) is 6.80. The predicted octanol–water partition coefficient (Wildman–Crippen LogP) is 1.86. The van der Waals surface area contributed by atoms with E-state index in [9.17, 15) is 14.4 Å². The van der Waals surface area contributed by atoms with E-state index in [4.69, 9.17) is 9.47 Å². The number of alkyl carbamates (subject to hydrolysis) is 1. The molecule has 0 unspecified atom stereocenters. The molecule has 1 fully saturated rings. The molecule has 7 heteroatoms. The van der Waals surface area contributed by atoms with Crippen molar-refractivity contribution in [2.45, 2.75) is 44.9 Å². The van der Waals surface area contributed by atoms with Crippen LogP contribution in [0.15, 0.2) is 30.3 Å². The number of benzene rings is 1. The van der Waals surface area contributed by atoms with Crippen molar-refractivity contribution in [3.63, 3.8) is 0 Å². The Morgan fingerprint density at radius 3 is 2.64 bits per heavy atom. The van der Waals surface area contributed by atoms with Crippen molar-refractivity contribution in [2.24, 2.45) is 0 Å². The van der Waals surface area contributed by atoms with Gasteiger partial charge in [-0.2, -0.15) is 0 Å². The van der Waals surface area contributed by atoms with Gasteiger partial charge in [0, 0.05) is 6.54 Å². The number of nitrogens with zero attached hydrogens (tertiary/aromatic N) is 1. The average Bonchev–Trinajstić information content (AvgIpc) is 2.66. The first-order chi connectivity index (χ1) is 12.0. The smallest absolute Gasteiger partial charge is 0.408 e. The molecule has 136 valence electrons. The van der Waals surface area contributed by atoms with Gasteiger partial charge >= 0.3 is 12.1 Å². The van der Waals surface area contributed by atoms with Crippen molar-refractivity contribution in [1.29, 1.82) is 0 Å². The van der Waals surface area contributed by atoms with Gasteiger partial charge in [0.05, 0.1) is 7.11 Å². The molecule has 25 heavy (non-hydrogen) atoms. The number of rotatable bonds is 5. The summed E-state index contributed by atoms with van der Waals surface area (Å²) in [5, 5.41) is 2.52. The summed E-state index contributed by atoms with van der Waals surface area (Å²) < 4.78 is 9.89. The fraction of sp³-hybridized carbons (Fsp3) is 0.500. The molecule has 1 aliphatic heterocycles. The molecular weight excluding hydrogens is 324 g/mol. The van der Waals surface area contributed by atoms with Crippen LogP contribution >= 0.6 is 0 Å². The van der Waals surface area contributed by atoms with Gasteiger partial charge in [0.15, 0.2) is 0 Å². The number of nitrogens with one attached hydrogen (secondary N) is 1. The molecular formula is C18H24N2O5. The van der Waals surface area contributed by atoms with Crippen molar-refractivity contribution < 1.29 is 23.9 Å². The lowest BCUT2D eigenvalue weighted by molar-refractivity contribution is -0.155. The Labute approximate surface area is 147 Å². The number of carbonyl (C=O) groups is 3. The summed E-state index contributed by atoms with van der Waals surface area (Å²) in [5.74, 6) is -0.737. The third-order valence-electron chi connectivity index (χ3n) is 4.18. The van der Waals surface area contributed by atoms with Crippen LogP contribution in [0.1, 0.15) is 31.7 Å². The molecule has 0 saturated carbocycles. The molecule has 2 amide bonds. The van der Waals surface area contributed by atoms with E-state index in [-0.39, 0.29) is 12.5 Å². The monoisotopic (exact) mass is 348 g/mol. The molecule has 0 aliphatic carbocycles. The van der Waals surface area contributed by atoms with Crippen LogP contribution < -0.4 is 5.32 Å². The zero-order valence-electron chi connectivity index (χ0n) is 14.6. The SMILES string of the molecule is COC(=O)[C@H]1CCCCN1C(=O)[C@H](C)NC(=O)OCc1ccccc1. The van der Waals surface area contributed by atoms with E-state index in [2.05, 4.69) is 5.32 Å². The zero-order valence-corrected chi connectivity index (χ0v) is 14.6. The summed E-state index contributed by atoms with van der Waals surface area (Å²) in [6.07, 6.45) is 1.59. The second-order valence-corrected chi connectivity index (χ2v) is 5.99. The molecule has 1 aromatic rings. The zero-order chi connectivity index (χ0) is 18.2. The highest BCUT2D eigenvalue weighted by Crippen LogP contribution is 2.19. The summed E-state index contributed by atoms with van der Waals surface area (Å²) in [4.78, 5) is 37.8. The maximum atomic E-state index is 12.6. The number of hydrogen-bond acceptors (Lipinski definition) is 5. The third kappa shape index (κ3) is 5.20. The first-order valence-corrected chi connectivity index (χ1v) is 8.38. The molecule has 2 atom stereocenters. The van der Waals surface area contributed by atoms with Gasteiger partial charge in [-0.25, -0.2) is 9.59 Å². The summed E-state index contributed by atoms with van der Waals surface area (Å²) >= 11 is 0. The second-order valence-electron chi connectivity index (χ2n) is 5.99. The molecule has 0 bridgehead atoms. The van der Waals surface area contributed by atoms with Crippen LogP contribution in [-0.4, -0.2) is 48.6 Å². The van der Waals surface area contributed by atoms with Crippen LogP contribution in [0.2, 0.25) is 0 Å². The van der Waals surface area contributed by atoms with E-state index in [0.29, 0.717) is 13.0 Å². The van der Waals surface area contributed by atoms with Gasteiger partial charge in [-0.05, 0) is 31.7 Å². The van der Waals surface area contributed by atoms with Crippen LogP contribution in [0.4, 0.5) is 4.79 Å². The first-order valence-electron chi connectivity index (χ1n) is 8.38. The Hall–Kier alpha value is -2.57. The van der Waals surface area contributed by atoms with Crippen molar-refractivity contribution in [3.8, 4) is 0 Å². The Morgan fingerprint density at radius 2 is 1.96 bits per heavy atom. The molecule has 0 aromatic heterocycles. The Balaban J connectivity index is 1.87. The van der Waals surface area contributed by atoms with Crippen LogP contribution in [-0.2, 0) is 25.7 Å². The minimum atomic E-state index is -0.784. The normalized spacial score (nSPS) is 18.2. The number of esters is 1. The van der Waals surface area contributed by atoms with Crippen molar-refractivity contribution in [2.75, 3.05) is 13.7 Å². The minimum absolute atomic E-state index is 0.127. The lowest BCUT2D eigenvalue weighted by atomic mass is 10.0. The first kappa shape index (κ1) is 18.8. The fourth-order valence-electron chi connectivity index (χ4n) is 2.83. The highest BCUT2D eigenvalue weighted by atomic mass is 16.5. The van der Waals surface area contributed by atoms with Gasteiger partial charge in [0.25, 0.3) is 0 Å². The number of likely N-dealkylation sites (tertiary alicyclic amines) is 1. The molecule has 1 saturated heterocycles. The molecule has 0 spiro atoms. The Bertz CT molecular complexity index is 605. The van der Waals surface area contributed by atoms with Crippen LogP contribution in [0.25, 0.3) is 0 Å². The lowest BCUT2D eigenvalue weighted by Gasteiger charge is -2.35. The Morgan fingerprint density at radius 1 is 1.24 bits per heavy atom. The molecule has 0 radical (unpaired) electrons. The van der Waals surface area contributed by atoms with E-state index in [0.717, 1.165) is 18.4 Å². The van der Waals surface area contributed by atoms with Crippen LogP contribution in [0, 0.1) is 0 Å².